The van der Waals surface area contributed by atoms with Crippen LogP contribution in [0.2, 0.25) is 0 Å². The molecular weight excluding hydrogens is 426 g/mol. The molecule has 4 atom stereocenters. The molecule has 0 spiro atoms. The van der Waals surface area contributed by atoms with E-state index in [4.69, 9.17) is 4.74 Å². The highest BCUT2D eigenvalue weighted by Gasteiger charge is 2.60. The number of para-hydroxylation sites is 1. The molecule has 1 aromatic rings. The second-order valence-electron chi connectivity index (χ2n) is 10.0. The maximum Gasteiger partial charge on any atom is 0.146 e. The molecule has 4 unspecified atom stereocenters. The van der Waals surface area contributed by atoms with Crippen molar-refractivity contribution in [2.75, 3.05) is 44.2 Å². The summed E-state index contributed by atoms with van der Waals surface area (Å²) < 4.78 is 20.3. The monoisotopic (exact) mass is 460 g/mol. The average molecular weight is 461 g/mol. The van der Waals surface area contributed by atoms with Crippen LogP contribution in [-0.4, -0.2) is 61.5 Å². The van der Waals surface area contributed by atoms with Gasteiger partial charge in [0.15, 0.2) is 0 Å². The Labute approximate surface area is 193 Å². The van der Waals surface area contributed by atoms with Crippen molar-refractivity contribution in [3.8, 4) is 0 Å². The number of rotatable bonds is 6. The van der Waals surface area contributed by atoms with E-state index in [1.807, 2.05) is 12.1 Å². The van der Waals surface area contributed by atoms with Gasteiger partial charge < -0.3 is 39.6 Å². The first-order valence-electron chi connectivity index (χ1n) is 10.8. The molecule has 172 valence electrons. The minimum absolute atomic E-state index is 0. The van der Waals surface area contributed by atoms with E-state index < -0.39 is 6.10 Å². The molecule has 7 heteroatoms. The lowest BCUT2D eigenvalue weighted by atomic mass is 9.70. The molecule has 3 fully saturated rings. The minimum atomic E-state index is -0.474. The molecule has 30 heavy (non-hydrogen) atoms. The fourth-order valence-corrected chi connectivity index (χ4v) is 6.11. The highest BCUT2D eigenvalue weighted by atomic mass is 35.5. The molecule has 0 amide bonds. The van der Waals surface area contributed by atoms with Gasteiger partial charge in [-0.2, -0.15) is 0 Å². The normalized spacial score (nSPS) is 31.2. The molecule has 4 rings (SSSR count). The van der Waals surface area contributed by atoms with Crippen molar-refractivity contribution in [2.45, 2.75) is 52.2 Å². The number of ether oxygens (including phenoxy) is 1. The SMILES string of the molecule is CC12CCC(C1)C(C)(C)C2OCC(O)CN1CCN(c2ccccc2F)CC1.[Cl-].[Cl-]. The van der Waals surface area contributed by atoms with Crippen molar-refractivity contribution in [3.63, 3.8) is 0 Å². The maximum atomic E-state index is 14.0. The topological polar surface area (TPSA) is 35.9 Å². The van der Waals surface area contributed by atoms with E-state index in [1.54, 1.807) is 6.07 Å². The van der Waals surface area contributed by atoms with Crippen molar-refractivity contribution >= 4 is 5.69 Å². The first-order valence-corrected chi connectivity index (χ1v) is 10.8. The van der Waals surface area contributed by atoms with Gasteiger partial charge in [0.05, 0.1) is 24.5 Å². The zero-order chi connectivity index (χ0) is 19.9. The molecule has 1 saturated heterocycles. The van der Waals surface area contributed by atoms with Crippen molar-refractivity contribution in [2.24, 2.45) is 16.7 Å². The Morgan fingerprint density at radius 3 is 2.40 bits per heavy atom. The lowest BCUT2D eigenvalue weighted by Crippen LogP contribution is -3.00. The summed E-state index contributed by atoms with van der Waals surface area (Å²) in [5, 5.41) is 10.6. The molecule has 3 aliphatic rings. The van der Waals surface area contributed by atoms with Crippen LogP contribution in [0.4, 0.5) is 10.1 Å². The van der Waals surface area contributed by atoms with Gasteiger partial charge in [0.1, 0.15) is 5.82 Å². The Hall–Kier alpha value is -0.590. The predicted octanol–water partition coefficient (Wildman–Crippen LogP) is -2.45. The third-order valence-electron chi connectivity index (χ3n) is 7.63. The minimum Gasteiger partial charge on any atom is -1.00 e. The van der Waals surface area contributed by atoms with Crippen LogP contribution in [0, 0.1) is 22.6 Å². The van der Waals surface area contributed by atoms with Crippen LogP contribution in [-0.2, 0) is 4.74 Å². The molecule has 1 N–H and O–H groups in total. The van der Waals surface area contributed by atoms with E-state index in [-0.39, 0.29) is 47.6 Å². The molecule has 4 nitrogen and oxygen atoms in total. The van der Waals surface area contributed by atoms with E-state index >= 15 is 0 Å². The Balaban J connectivity index is 0.00000160. The van der Waals surface area contributed by atoms with E-state index in [0.29, 0.717) is 18.8 Å². The van der Waals surface area contributed by atoms with E-state index in [0.717, 1.165) is 32.1 Å². The lowest BCUT2D eigenvalue weighted by molar-refractivity contribution is -0.113. The van der Waals surface area contributed by atoms with Crippen LogP contribution in [0.3, 0.4) is 0 Å². The van der Waals surface area contributed by atoms with Gasteiger partial charge in [-0.25, -0.2) is 4.39 Å². The predicted molar refractivity (Wildman–Crippen MR) is 110 cm³/mol. The first kappa shape index (κ1) is 25.7. The van der Waals surface area contributed by atoms with Gasteiger partial charge in [-0.05, 0) is 48.1 Å². The Morgan fingerprint density at radius 1 is 1.13 bits per heavy atom. The number of aliphatic hydroxyl groups is 1. The largest absolute Gasteiger partial charge is 1.00 e. The molecule has 1 aromatic carbocycles. The summed E-state index contributed by atoms with van der Waals surface area (Å²) in [7, 11) is 0. The second kappa shape index (κ2) is 9.91. The smallest absolute Gasteiger partial charge is 0.146 e. The molecule has 0 radical (unpaired) electrons. The van der Waals surface area contributed by atoms with Gasteiger partial charge in [0, 0.05) is 32.7 Å². The first-order chi connectivity index (χ1) is 13.3. The van der Waals surface area contributed by atoms with Crippen LogP contribution in [0.25, 0.3) is 0 Å². The van der Waals surface area contributed by atoms with E-state index in [9.17, 15) is 9.50 Å². The highest BCUT2D eigenvalue weighted by Crippen LogP contribution is 2.63. The van der Waals surface area contributed by atoms with Crippen molar-refractivity contribution in [3.05, 3.63) is 30.1 Å². The summed E-state index contributed by atoms with van der Waals surface area (Å²) in [6.45, 7) is 11.3. The van der Waals surface area contributed by atoms with Gasteiger partial charge in [-0.1, -0.05) is 32.9 Å². The number of nitrogens with zero attached hydrogens (tertiary/aromatic N) is 2. The summed E-state index contributed by atoms with van der Waals surface area (Å²) in [5.74, 6) is 0.595. The Kier molecular flexibility index (Phi) is 8.48. The maximum absolute atomic E-state index is 14.0. The third kappa shape index (κ3) is 4.91. The van der Waals surface area contributed by atoms with Gasteiger partial charge in [0.25, 0.3) is 0 Å². The van der Waals surface area contributed by atoms with Crippen LogP contribution in [0.1, 0.15) is 40.0 Å². The number of halogens is 3. The fraction of sp³-hybridized carbons (Fsp3) is 0.739. The molecule has 1 aliphatic heterocycles. The number of hydrogen-bond acceptors (Lipinski definition) is 4. The fourth-order valence-electron chi connectivity index (χ4n) is 6.11. The van der Waals surface area contributed by atoms with Crippen molar-refractivity contribution in [1.29, 1.82) is 0 Å². The number of β-amino-alcohol motifs (C(OH)–C–C–N with tert-alkyl or cyclic N) is 1. The number of hydrogen-bond donors (Lipinski definition) is 1. The van der Waals surface area contributed by atoms with Crippen molar-refractivity contribution < 1.29 is 39.0 Å². The molecule has 2 bridgehead atoms. The van der Waals surface area contributed by atoms with Crippen LogP contribution in [0.15, 0.2) is 24.3 Å². The summed E-state index contributed by atoms with van der Waals surface area (Å²) in [5.41, 5.74) is 1.16. The van der Waals surface area contributed by atoms with Gasteiger partial charge in [-0.15, -0.1) is 0 Å². The highest BCUT2D eigenvalue weighted by molar-refractivity contribution is 5.47. The van der Waals surface area contributed by atoms with Crippen LogP contribution < -0.4 is 29.7 Å². The van der Waals surface area contributed by atoms with E-state index in [1.165, 1.54) is 25.3 Å². The second-order valence-corrected chi connectivity index (χ2v) is 10.0. The van der Waals surface area contributed by atoms with Crippen LogP contribution in [0.5, 0.6) is 0 Å². The van der Waals surface area contributed by atoms with Crippen molar-refractivity contribution in [1.82, 2.24) is 4.90 Å². The standard InChI is InChI=1S/C23H35FN2O2.2ClH/c1-22(2)17-8-9-23(3,14-17)21(22)28-16-18(27)15-25-10-12-26(13-11-25)20-7-5-4-6-19(20)24;;/h4-7,17-18,21,27H,8-16H2,1-3H3;2*1H/p-2. The van der Waals surface area contributed by atoms with Gasteiger partial charge in [-0.3, -0.25) is 4.90 Å². The zero-order valence-electron chi connectivity index (χ0n) is 18.3. The Morgan fingerprint density at radius 2 is 1.80 bits per heavy atom. The summed E-state index contributed by atoms with van der Waals surface area (Å²) in [6.07, 6.45) is 3.60. The zero-order valence-corrected chi connectivity index (χ0v) is 19.8. The number of aliphatic hydroxyl groups excluding tert-OH is 1. The summed E-state index contributed by atoms with van der Waals surface area (Å²) >= 11 is 0. The number of benzene rings is 1. The van der Waals surface area contributed by atoms with Crippen LogP contribution >= 0.6 is 0 Å². The lowest BCUT2D eigenvalue weighted by Gasteiger charge is -2.43. The number of anilines is 1. The summed E-state index contributed by atoms with van der Waals surface area (Å²) in [4.78, 5) is 4.35. The Bertz CT molecular complexity index is 695. The number of piperazine rings is 1. The average Bonchev–Trinajstić information content (AvgIpc) is 3.14. The van der Waals surface area contributed by atoms with E-state index in [2.05, 4.69) is 30.6 Å². The number of fused-ring (bicyclic) bond motifs is 2. The van der Waals surface area contributed by atoms with Gasteiger partial charge in [0.2, 0.25) is 0 Å². The third-order valence-corrected chi connectivity index (χ3v) is 7.63. The summed E-state index contributed by atoms with van der Waals surface area (Å²) in [6, 6.07) is 6.96. The molecular formula is C23H35Cl2FN2O2-2. The molecule has 1 heterocycles. The molecule has 0 aromatic heterocycles. The quantitative estimate of drug-likeness (QED) is 0.511. The van der Waals surface area contributed by atoms with Gasteiger partial charge >= 0.3 is 0 Å². The molecule has 2 aliphatic carbocycles. The molecule has 2 saturated carbocycles.